The van der Waals surface area contributed by atoms with E-state index in [0.29, 0.717) is 69.5 Å². The monoisotopic (exact) mass is 927 g/mol. The smallest absolute Gasteiger partial charge is 0.249 e. The molecule has 0 spiro atoms. The molecule has 2 aromatic heterocycles. The van der Waals surface area contributed by atoms with Gasteiger partial charge in [0.15, 0.2) is 0 Å². The highest BCUT2D eigenvalue weighted by molar-refractivity contribution is 9.10. The van der Waals surface area contributed by atoms with Crippen molar-refractivity contribution >= 4 is 85.7 Å². The molecule has 6 N–H and O–H groups in total. The lowest BCUT2D eigenvalue weighted by Gasteiger charge is -2.35. The number of halogens is 1. The molecule has 5 aromatic rings. The van der Waals surface area contributed by atoms with E-state index in [1.165, 1.54) is 11.3 Å². The maximum Gasteiger partial charge on any atom is 0.249 e. The van der Waals surface area contributed by atoms with E-state index in [-0.39, 0.29) is 11.8 Å². The number of ether oxygens (including phenoxy) is 2. The minimum absolute atomic E-state index is 0.223. The molecule has 0 aliphatic carbocycles. The summed E-state index contributed by atoms with van der Waals surface area (Å²) in [6.07, 6.45) is 9.55. The largest absolute Gasteiger partial charge is 0.494 e. The minimum Gasteiger partial charge on any atom is -0.494 e. The van der Waals surface area contributed by atoms with E-state index in [1.54, 1.807) is 39.0 Å². The first-order valence-corrected chi connectivity index (χ1v) is 24.5. The van der Waals surface area contributed by atoms with Crippen molar-refractivity contribution in [3.05, 3.63) is 77.2 Å². The summed E-state index contributed by atoms with van der Waals surface area (Å²) in [4.78, 5) is 44.1. The number of amides is 2. The zero-order valence-corrected chi connectivity index (χ0v) is 38.1. The van der Waals surface area contributed by atoms with Gasteiger partial charge in [-0.2, -0.15) is 4.98 Å². The number of methoxy groups -OCH3 is 1. The van der Waals surface area contributed by atoms with E-state index in [2.05, 4.69) is 86.7 Å². The second-order valence-electron chi connectivity index (χ2n) is 15.8. The Hall–Kier alpha value is -5.35. The van der Waals surface area contributed by atoms with E-state index < -0.39 is 13.2 Å². The average molecular weight is 929 g/mol. The number of carbonyl (C=O) groups excluding carboxylic acids is 2. The van der Waals surface area contributed by atoms with Crippen LogP contribution in [0.2, 0.25) is 0 Å². The van der Waals surface area contributed by atoms with Crippen molar-refractivity contribution in [2.45, 2.75) is 57.5 Å². The first-order chi connectivity index (χ1) is 30.0. The number of fused-ring (bicyclic) bond motifs is 1. The molecule has 62 heavy (non-hydrogen) atoms. The highest BCUT2D eigenvalue weighted by Gasteiger charge is 2.27. The molecule has 328 valence electrons. The van der Waals surface area contributed by atoms with Gasteiger partial charge in [0.1, 0.15) is 36.0 Å². The number of benzene rings is 3. The van der Waals surface area contributed by atoms with Crippen molar-refractivity contribution in [1.29, 1.82) is 0 Å². The van der Waals surface area contributed by atoms with Gasteiger partial charge in [-0.05, 0) is 116 Å². The van der Waals surface area contributed by atoms with E-state index in [4.69, 9.17) is 14.5 Å². The van der Waals surface area contributed by atoms with Crippen LogP contribution in [0.4, 0.5) is 34.5 Å². The fraction of sp³-hybridized carbons (Fsp3) is 0.409. The number of aryl methyl sites for hydroxylation is 1. The molecule has 7 rings (SSSR count). The van der Waals surface area contributed by atoms with Crippen LogP contribution >= 0.6 is 23.1 Å². The molecule has 4 heterocycles. The zero-order valence-electron chi connectivity index (χ0n) is 35.6. The Balaban J connectivity index is 0.856. The normalized spacial score (nSPS) is 16.0. The van der Waals surface area contributed by atoms with Crippen molar-refractivity contribution in [3.8, 4) is 11.5 Å². The maximum atomic E-state index is 13.5. The Morgan fingerprint density at radius 2 is 1.73 bits per heavy atom. The number of hydrogen-bond donors (Lipinski definition) is 6. The summed E-state index contributed by atoms with van der Waals surface area (Å²) in [7, 11) is -1.09. The lowest BCUT2D eigenvalue weighted by Crippen LogP contribution is -2.47. The molecule has 0 radical (unpaired) electrons. The van der Waals surface area contributed by atoms with Crippen LogP contribution in [0.1, 0.15) is 44.6 Å². The van der Waals surface area contributed by atoms with Gasteiger partial charge >= 0.3 is 0 Å². The summed E-state index contributed by atoms with van der Waals surface area (Å²) >= 11 is 3.59. The van der Waals surface area contributed by atoms with Gasteiger partial charge in [-0.1, -0.05) is 6.92 Å². The SMILES string of the molecule is CCc1cc(Nc2ncc(Br)c(Nc3ccc4nccnc4c3P(C)(C)=O)n2)c(OC)cc1N1CCC(NCCNCCCOc2ccc(NC3CCC(=O)NC3=O)cc2)CC1. The second-order valence-corrected chi connectivity index (χ2v) is 19.8. The van der Waals surface area contributed by atoms with E-state index in [0.717, 1.165) is 75.5 Å². The number of aromatic nitrogens is 4. The van der Waals surface area contributed by atoms with Crippen LogP contribution in [0.5, 0.6) is 11.5 Å². The van der Waals surface area contributed by atoms with Crippen LogP contribution in [0.3, 0.4) is 0 Å². The molecular weight excluding hydrogens is 873 g/mol. The third-order valence-corrected chi connectivity index (χ3v) is 13.1. The maximum absolute atomic E-state index is 13.5. The van der Waals surface area contributed by atoms with Crippen molar-refractivity contribution in [1.82, 2.24) is 35.9 Å². The first-order valence-electron chi connectivity index (χ1n) is 21.1. The molecule has 1 unspecified atom stereocenters. The quantitative estimate of drug-likeness (QED) is 0.0306. The van der Waals surface area contributed by atoms with E-state index >= 15 is 0 Å². The molecule has 2 saturated heterocycles. The van der Waals surface area contributed by atoms with Crippen molar-refractivity contribution in [2.24, 2.45) is 0 Å². The topological polar surface area (TPSA) is 197 Å². The van der Waals surface area contributed by atoms with Gasteiger partial charge in [0.05, 0.1) is 40.4 Å². The molecule has 16 nitrogen and oxygen atoms in total. The standard InChI is InChI=1S/C44H55BrN11O5P/c1-5-28-25-36(53-44-50-27-32(45)42(55-44)52-34-12-11-33-40(49-21-20-48-33)41(34)62(3,4)59)38(60-2)26-37(28)56-22-15-29(16-23-56)47-19-18-46-17-6-24-61-31-9-7-30(8-10-31)51-35-13-14-39(57)54-43(35)58/h7-12,20-21,25-27,29,35,46-47,51H,5-6,13-19,22-24H2,1-4H3,(H,54,57,58)(H2,50,52,53,55). The third-order valence-electron chi connectivity index (χ3n) is 10.9. The lowest BCUT2D eigenvalue weighted by atomic mass is 10.0. The minimum atomic E-state index is -2.77. The van der Waals surface area contributed by atoms with Crippen LogP contribution < -0.4 is 51.6 Å². The number of rotatable bonds is 19. The molecule has 2 fully saturated rings. The summed E-state index contributed by atoms with van der Waals surface area (Å²) in [5, 5.41) is 20.2. The van der Waals surface area contributed by atoms with Gasteiger partial charge in [-0.3, -0.25) is 24.9 Å². The summed E-state index contributed by atoms with van der Waals surface area (Å²) in [5.74, 6) is 1.85. The number of nitrogens with zero attached hydrogens (tertiary/aromatic N) is 5. The predicted octanol–water partition coefficient (Wildman–Crippen LogP) is 6.32. The van der Waals surface area contributed by atoms with Gasteiger partial charge in [0, 0.05) is 74.7 Å². The molecule has 0 bridgehead atoms. The van der Waals surface area contributed by atoms with Crippen LogP contribution in [-0.2, 0) is 20.6 Å². The van der Waals surface area contributed by atoms with Gasteiger partial charge in [-0.25, -0.2) is 4.98 Å². The summed E-state index contributed by atoms with van der Waals surface area (Å²) in [6, 6.07) is 15.5. The molecule has 3 aromatic carbocycles. The zero-order chi connectivity index (χ0) is 43.6. The predicted molar refractivity (Wildman–Crippen MR) is 250 cm³/mol. The number of nitrogens with one attached hydrogen (secondary N) is 6. The fourth-order valence-corrected chi connectivity index (χ4v) is 9.45. The molecule has 1 atom stereocenters. The van der Waals surface area contributed by atoms with Crippen LogP contribution in [0.25, 0.3) is 11.0 Å². The van der Waals surface area contributed by atoms with Gasteiger partial charge in [-0.15, -0.1) is 0 Å². The Bertz CT molecular complexity index is 2410. The highest BCUT2D eigenvalue weighted by Crippen LogP contribution is 2.42. The molecule has 2 aliphatic rings. The van der Waals surface area contributed by atoms with Gasteiger partial charge in [0.2, 0.25) is 17.8 Å². The first kappa shape index (κ1) is 44.7. The van der Waals surface area contributed by atoms with Crippen molar-refractivity contribution < 1.29 is 23.6 Å². The van der Waals surface area contributed by atoms with E-state index in [9.17, 15) is 14.2 Å². The Morgan fingerprint density at radius 3 is 2.47 bits per heavy atom. The van der Waals surface area contributed by atoms with Crippen molar-refractivity contribution in [2.75, 3.05) is 80.6 Å². The Kier molecular flexibility index (Phi) is 14.9. The lowest BCUT2D eigenvalue weighted by molar-refractivity contribution is -0.133. The Labute approximate surface area is 370 Å². The summed E-state index contributed by atoms with van der Waals surface area (Å²) in [5.41, 5.74) is 5.87. The Morgan fingerprint density at radius 1 is 0.935 bits per heavy atom. The summed E-state index contributed by atoms with van der Waals surface area (Å²) in [6.45, 7) is 10.7. The van der Waals surface area contributed by atoms with Crippen molar-refractivity contribution in [3.63, 3.8) is 0 Å². The number of carbonyl (C=O) groups is 2. The highest BCUT2D eigenvalue weighted by atomic mass is 79.9. The molecule has 18 heteroatoms. The number of anilines is 6. The fourth-order valence-electron chi connectivity index (χ4n) is 7.77. The van der Waals surface area contributed by atoms with Gasteiger partial charge in [0.25, 0.3) is 0 Å². The number of piperidine rings is 2. The average Bonchev–Trinajstić information content (AvgIpc) is 3.26. The molecule has 2 amide bonds. The van der Waals surface area contributed by atoms with Crippen LogP contribution in [0, 0.1) is 0 Å². The van der Waals surface area contributed by atoms with E-state index in [1.807, 2.05) is 36.4 Å². The number of imide groups is 1. The second kappa shape index (κ2) is 20.7. The van der Waals surface area contributed by atoms with Crippen LogP contribution in [-0.4, -0.2) is 104 Å². The molecule has 0 saturated carbocycles. The van der Waals surface area contributed by atoms with Crippen LogP contribution in [0.15, 0.2) is 71.6 Å². The van der Waals surface area contributed by atoms with Gasteiger partial charge < -0.3 is 45.5 Å². The summed E-state index contributed by atoms with van der Waals surface area (Å²) < 4.78 is 25.9. The third kappa shape index (κ3) is 11.4. The number of hydrogen-bond acceptors (Lipinski definition) is 15. The molecular formula is C44H55BrN11O5P. The molecule has 2 aliphatic heterocycles.